The summed E-state index contributed by atoms with van der Waals surface area (Å²) in [7, 11) is 0. The molecule has 9 nitrogen and oxygen atoms in total. The first kappa shape index (κ1) is 63.7. The molecule has 0 N–H and O–H groups in total. The molecule has 0 unspecified atom stereocenters. The molecule has 0 fully saturated rings. The van der Waals surface area contributed by atoms with Crippen molar-refractivity contribution >= 4 is 128 Å². The number of nitrogens with zero attached hydrogens (tertiary/aromatic N) is 9. The van der Waals surface area contributed by atoms with E-state index in [9.17, 15) is 0 Å². The van der Waals surface area contributed by atoms with Crippen LogP contribution < -0.4 is 0 Å². The summed E-state index contributed by atoms with van der Waals surface area (Å²) in [6, 6.07) is 117. The fourth-order valence-electron chi connectivity index (χ4n) is 15.5. The van der Waals surface area contributed by atoms with Gasteiger partial charge in [0.05, 0.1) is 36.1 Å². The van der Waals surface area contributed by atoms with Crippen LogP contribution in [0.2, 0.25) is 0 Å². The predicted molar refractivity (Wildman–Crippen MR) is 451 cm³/mol. The normalized spacial score (nSPS) is 12.3. The first-order valence-corrected chi connectivity index (χ1v) is 39.6. The van der Waals surface area contributed by atoms with E-state index in [0.717, 1.165) is 98.0 Å². The number of thiophene rings is 2. The molecule has 1 aliphatic carbocycles. The van der Waals surface area contributed by atoms with Gasteiger partial charge in [-0.05, 0) is 81.9 Å². The molecule has 0 amide bonds. The van der Waals surface area contributed by atoms with Crippen molar-refractivity contribution in [2.24, 2.45) is 0 Å². The van der Waals surface area contributed by atoms with Gasteiger partial charge in [0.2, 0.25) is 0 Å². The standard InChI is InChI=1S/C53H32N4S2.C41H23N5S3/c1-4-17-33(18-5-1)49-55-50(38-25-15-29-42-46(38)36-23-10-11-28-41(36)53(42,34-19-6-2-7-20-34)35-21-8-3-9-22-35)57-51(56-49)39-26-16-32-45-47(39)37-24-14-27-40(48(37)58-45)52-54-43-30-12-13-31-44(43)59-52;1-2-10-24(11-3-1)37-44-38(25-20-22-26(23-21-25)40-42-30-15-4-6-17-32(30)48-40)46-39(45-37)28-13-9-19-34-35(28)27-12-8-14-29(36(27)47-34)41-43-31-16-5-7-18-33(31)49-41/h1-32H;1-23H. The summed E-state index contributed by atoms with van der Waals surface area (Å²) in [5.41, 5.74) is 18.9. The maximum absolute atomic E-state index is 5.46. The molecule has 0 atom stereocenters. The van der Waals surface area contributed by atoms with Gasteiger partial charge in [0.1, 0.15) is 15.0 Å². The molecule has 1 aliphatic rings. The van der Waals surface area contributed by atoms with Gasteiger partial charge in [-0.3, -0.25) is 0 Å². The average Bonchev–Trinajstić information content (AvgIpc) is 1.53. The smallest absolute Gasteiger partial charge is 0.164 e. The average molecular weight is 1470 g/mol. The lowest BCUT2D eigenvalue weighted by Gasteiger charge is -2.33. The molecule has 22 rings (SSSR count). The molecule has 14 heteroatoms. The Labute approximate surface area is 639 Å². The van der Waals surface area contributed by atoms with Crippen LogP contribution in [0.25, 0.3) is 182 Å². The van der Waals surface area contributed by atoms with Crippen molar-refractivity contribution in [3.05, 3.63) is 356 Å². The molecule has 0 spiro atoms. The maximum atomic E-state index is 5.46. The van der Waals surface area contributed by atoms with E-state index < -0.39 is 5.41 Å². The summed E-state index contributed by atoms with van der Waals surface area (Å²) in [5.74, 6) is 3.84. The minimum atomic E-state index is -0.537. The fourth-order valence-corrected chi connectivity index (χ4v) is 21.1. The molecule has 0 saturated heterocycles. The third-order valence-electron chi connectivity index (χ3n) is 20.3. The number of benzene rings is 14. The lowest BCUT2D eigenvalue weighted by molar-refractivity contribution is 0.768. The van der Waals surface area contributed by atoms with Crippen LogP contribution in [-0.2, 0) is 5.41 Å². The zero-order chi connectivity index (χ0) is 71.2. The van der Waals surface area contributed by atoms with Crippen LogP contribution in [0.5, 0.6) is 0 Å². The van der Waals surface area contributed by atoms with Crippen LogP contribution in [-0.4, -0.2) is 44.9 Å². The largest absolute Gasteiger partial charge is 0.236 e. The summed E-state index contributed by atoms with van der Waals surface area (Å²) < 4.78 is 8.35. The van der Waals surface area contributed by atoms with E-state index >= 15 is 0 Å². The Morgan fingerprint density at radius 2 is 0.537 bits per heavy atom. The molecule has 14 aromatic carbocycles. The van der Waals surface area contributed by atoms with E-state index in [4.69, 9.17) is 44.9 Å². The second-order valence-corrected chi connectivity index (χ2v) is 31.8. The Morgan fingerprint density at radius 1 is 0.204 bits per heavy atom. The predicted octanol–water partition coefficient (Wildman–Crippen LogP) is 25.7. The minimum Gasteiger partial charge on any atom is -0.236 e. The van der Waals surface area contributed by atoms with Crippen LogP contribution in [0.4, 0.5) is 0 Å². The van der Waals surface area contributed by atoms with Crippen molar-refractivity contribution in [1.82, 2.24) is 44.9 Å². The van der Waals surface area contributed by atoms with E-state index in [1.807, 2.05) is 60.7 Å². The number of hydrogen-bond donors (Lipinski definition) is 0. The highest BCUT2D eigenvalue weighted by Crippen LogP contribution is 2.58. The molecule has 108 heavy (non-hydrogen) atoms. The molecule has 0 aliphatic heterocycles. The van der Waals surface area contributed by atoms with Gasteiger partial charge in [-0.15, -0.1) is 56.7 Å². The Kier molecular flexibility index (Phi) is 15.5. The zero-order valence-electron chi connectivity index (χ0n) is 57.3. The van der Waals surface area contributed by atoms with Crippen LogP contribution in [0.1, 0.15) is 22.3 Å². The van der Waals surface area contributed by atoms with E-state index in [0.29, 0.717) is 34.9 Å². The highest BCUT2D eigenvalue weighted by atomic mass is 32.1. The summed E-state index contributed by atoms with van der Waals surface area (Å²) in [6.45, 7) is 0. The number of aromatic nitrogens is 9. The highest BCUT2D eigenvalue weighted by Gasteiger charge is 2.47. The van der Waals surface area contributed by atoms with Crippen molar-refractivity contribution in [3.8, 4) is 111 Å². The van der Waals surface area contributed by atoms with Crippen LogP contribution in [0, 0.1) is 0 Å². The van der Waals surface area contributed by atoms with Gasteiger partial charge < -0.3 is 0 Å². The van der Waals surface area contributed by atoms with Gasteiger partial charge in [0.25, 0.3) is 0 Å². The van der Waals surface area contributed by atoms with Gasteiger partial charge >= 0.3 is 0 Å². The third kappa shape index (κ3) is 10.8. The van der Waals surface area contributed by atoms with Crippen molar-refractivity contribution < 1.29 is 0 Å². The maximum Gasteiger partial charge on any atom is 0.164 e. The Hall–Kier alpha value is -12.8. The van der Waals surface area contributed by atoms with Gasteiger partial charge in [-0.1, -0.05) is 285 Å². The van der Waals surface area contributed by atoms with Crippen molar-refractivity contribution in [2.75, 3.05) is 0 Å². The van der Waals surface area contributed by atoms with E-state index in [-0.39, 0.29) is 0 Å². The SMILES string of the molecule is c1ccc(-c2nc(-c3ccc(-c4nc5ccccc5s4)cc3)nc(-c3cccc4sc5c(-c6nc7ccccc7s6)cccc5c34)n2)cc1.c1ccc(-c2nc(-c3cccc4c3-c3ccccc3C4(c3ccccc3)c3ccccc3)nc(-c3cccc4sc5c(-c6nc7ccccc7s6)cccc5c34)n2)cc1. The van der Waals surface area contributed by atoms with Gasteiger partial charge in [0.15, 0.2) is 34.9 Å². The zero-order valence-corrected chi connectivity index (χ0v) is 61.4. The lowest BCUT2D eigenvalue weighted by atomic mass is 9.67. The molecule has 7 heterocycles. The van der Waals surface area contributed by atoms with Crippen molar-refractivity contribution in [2.45, 2.75) is 5.41 Å². The van der Waals surface area contributed by atoms with Gasteiger partial charge in [0, 0.05) is 90.4 Å². The van der Waals surface area contributed by atoms with E-state index in [2.05, 4.69) is 273 Å². The Morgan fingerprint density at radius 3 is 1.04 bits per heavy atom. The number of fused-ring (bicyclic) bond motifs is 12. The molecular weight excluding hydrogens is 1420 g/mol. The van der Waals surface area contributed by atoms with Crippen molar-refractivity contribution in [1.29, 1.82) is 0 Å². The van der Waals surface area contributed by atoms with Crippen LogP contribution >= 0.6 is 56.7 Å². The van der Waals surface area contributed by atoms with Gasteiger partial charge in [-0.2, -0.15) is 0 Å². The molecule has 0 radical (unpaired) electrons. The number of hydrogen-bond acceptors (Lipinski definition) is 14. The summed E-state index contributed by atoms with van der Waals surface area (Å²) in [5, 5.41) is 7.69. The summed E-state index contributed by atoms with van der Waals surface area (Å²) >= 11 is 8.77. The summed E-state index contributed by atoms with van der Waals surface area (Å²) in [6.07, 6.45) is 0. The number of thiazole rings is 3. The van der Waals surface area contributed by atoms with E-state index in [1.54, 1.807) is 56.7 Å². The topological polar surface area (TPSA) is 116 Å². The Balaban J connectivity index is 0.000000140. The molecule has 506 valence electrons. The molecule has 0 bridgehead atoms. The number of para-hydroxylation sites is 3. The minimum absolute atomic E-state index is 0.537. The first-order chi connectivity index (χ1) is 53.5. The number of rotatable bonds is 11. The molecule has 0 saturated carbocycles. The highest BCUT2D eigenvalue weighted by molar-refractivity contribution is 7.28. The van der Waals surface area contributed by atoms with E-state index in [1.165, 1.54) is 71.5 Å². The van der Waals surface area contributed by atoms with Gasteiger partial charge in [-0.25, -0.2) is 44.9 Å². The molecule has 21 aromatic rings. The quantitative estimate of drug-likeness (QED) is 0.125. The lowest BCUT2D eigenvalue weighted by Crippen LogP contribution is -2.28. The molecule has 7 aromatic heterocycles. The second kappa shape index (κ2) is 26.4. The second-order valence-electron chi connectivity index (χ2n) is 26.6. The van der Waals surface area contributed by atoms with Crippen molar-refractivity contribution in [3.63, 3.8) is 0 Å². The third-order valence-corrected chi connectivity index (χ3v) is 26.0. The Bertz CT molecular complexity index is 6930. The molecular formula is C94H55N9S5. The van der Waals surface area contributed by atoms with Crippen LogP contribution in [0.15, 0.2) is 334 Å². The summed E-state index contributed by atoms with van der Waals surface area (Å²) in [4.78, 5) is 46.2. The monoisotopic (exact) mass is 1470 g/mol. The first-order valence-electron chi connectivity index (χ1n) is 35.6. The van der Waals surface area contributed by atoms with Crippen LogP contribution in [0.3, 0.4) is 0 Å². The fraction of sp³-hybridized carbons (Fsp3) is 0.0106.